The fraction of sp³-hybridized carbons (Fsp3) is 0.562. The summed E-state index contributed by atoms with van der Waals surface area (Å²) in [6.45, 7) is 5.33. The van der Waals surface area contributed by atoms with E-state index in [0.717, 1.165) is 5.56 Å². The van der Waals surface area contributed by atoms with Gasteiger partial charge >= 0.3 is 5.97 Å². The number of carbonyl (C=O) groups is 1. The summed E-state index contributed by atoms with van der Waals surface area (Å²) in [5, 5.41) is 8.69. The second-order valence-corrected chi connectivity index (χ2v) is 5.31. The van der Waals surface area contributed by atoms with Crippen molar-refractivity contribution in [2.75, 3.05) is 0 Å². The molecule has 1 aromatic rings. The molecule has 1 N–H and O–H groups in total. The Labute approximate surface area is 118 Å². The van der Waals surface area contributed by atoms with Gasteiger partial charge in [-0.2, -0.15) is 0 Å². The lowest BCUT2D eigenvalue weighted by Gasteiger charge is -2.23. The van der Waals surface area contributed by atoms with Gasteiger partial charge in [-0.15, -0.1) is 0 Å². The molecule has 0 aliphatic heterocycles. The van der Waals surface area contributed by atoms with Crippen molar-refractivity contribution in [2.24, 2.45) is 5.92 Å². The molecule has 4 heteroatoms. The van der Waals surface area contributed by atoms with Crippen LogP contribution in [-0.2, 0) is 23.6 Å². The molecule has 0 bridgehead atoms. The van der Waals surface area contributed by atoms with E-state index in [1.807, 2.05) is 19.9 Å². The first-order valence-electron chi connectivity index (χ1n) is 7.02. The fourth-order valence-electron chi connectivity index (χ4n) is 2.41. The molecule has 0 aromatic heterocycles. The van der Waals surface area contributed by atoms with Gasteiger partial charge in [-0.05, 0) is 36.0 Å². The number of carboxylic acid groups (broad SMARTS) is 1. The lowest BCUT2D eigenvalue weighted by atomic mass is 9.90. The zero-order valence-electron chi connectivity index (χ0n) is 12.2. The predicted molar refractivity (Wildman–Crippen MR) is 75.1 cm³/mol. The third kappa shape index (κ3) is 4.29. The fourth-order valence-corrected chi connectivity index (χ4v) is 2.41. The van der Waals surface area contributed by atoms with E-state index < -0.39 is 24.2 Å². The monoisotopic (exact) mass is 284 g/mol. The van der Waals surface area contributed by atoms with E-state index in [1.54, 1.807) is 19.1 Å². The Balaban J connectivity index is 3.03. The van der Waals surface area contributed by atoms with E-state index in [-0.39, 0.29) is 12.0 Å². The number of aliphatic carboxylic acids is 1. The van der Waals surface area contributed by atoms with Crippen LogP contribution >= 0.6 is 0 Å². The second-order valence-electron chi connectivity index (χ2n) is 5.31. The van der Waals surface area contributed by atoms with Gasteiger partial charge in [-0.1, -0.05) is 32.9 Å². The van der Waals surface area contributed by atoms with Gasteiger partial charge in [-0.25, -0.2) is 8.78 Å². The van der Waals surface area contributed by atoms with Crippen LogP contribution in [0, 0.1) is 5.92 Å². The Kier molecular flexibility index (Phi) is 5.66. The molecule has 1 unspecified atom stereocenters. The average Bonchev–Trinajstić information content (AvgIpc) is 2.36. The first kappa shape index (κ1) is 16.6. The van der Waals surface area contributed by atoms with Gasteiger partial charge in [0.25, 0.3) is 5.92 Å². The molecule has 112 valence electrons. The number of alkyl halides is 2. The van der Waals surface area contributed by atoms with Crippen LogP contribution in [0.1, 0.15) is 50.3 Å². The molecule has 0 amide bonds. The van der Waals surface area contributed by atoms with Gasteiger partial charge in [0.15, 0.2) is 0 Å². The summed E-state index contributed by atoms with van der Waals surface area (Å²) in [7, 11) is 0. The summed E-state index contributed by atoms with van der Waals surface area (Å²) >= 11 is 0. The van der Waals surface area contributed by atoms with E-state index in [9.17, 15) is 13.6 Å². The Hall–Kier alpha value is -1.45. The maximum atomic E-state index is 14.4. The SMILES string of the molecule is CCc1ccc(CC)c(C(F)(F)CC(C)CC(=O)O)c1. The smallest absolute Gasteiger partial charge is 0.303 e. The van der Waals surface area contributed by atoms with Gasteiger partial charge in [0.1, 0.15) is 0 Å². The zero-order valence-corrected chi connectivity index (χ0v) is 12.2. The minimum atomic E-state index is -2.98. The molecule has 2 nitrogen and oxygen atoms in total. The third-order valence-corrected chi connectivity index (χ3v) is 3.49. The lowest BCUT2D eigenvalue weighted by Crippen LogP contribution is -2.21. The quantitative estimate of drug-likeness (QED) is 0.805. The predicted octanol–water partition coefficient (Wildman–Crippen LogP) is 4.40. The van der Waals surface area contributed by atoms with Crippen molar-refractivity contribution in [3.05, 3.63) is 34.9 Å². The lowest BCUT2D eigenvalue weighted by molar-refractivity contribution is -0.138. The van der Waals surface area contributed by atoms with Crippen molar-refractivity contribution in [2.45, 2.75) is 52.4 Å². The number of benzene rings is 1. The van der Waals surface area contributed by atoms with Gasteiger partial charge in [0.05, 0.1) is 0 Å². The minimum Gasteiger partial charge on any atom is -0.481 e. The van der Waals surface area contributed by atoms with E-state index >= 15 is 0 Å². The Morgan fingerprint density at radius 3 is 2.45 bits per heavy atom. The van der Waals surface area contributed by atoms with Crippen LogP contribution in [0.15, 0.2) is 18.2 Å². The van der Waals surface area contributed by atoms with Crippen molar-refractivity contribution in [1.82, 2.24) is 0 Å². The normalized spacial score (nSPS) is 13.2. The van der Waals surface area contributed by atoms with Gasteiger partial charge in [-0.3, -0.25) is 4.79 Å². The highest BCUT2D eigenvalue weighted by Gasteiger charge is 2.35. The van der Waals surface area contributed by atoms with Crippen molar-refractivity contribution in [3.63, 3.8) is 0 Å². The maximum Gasteiger partial charge on any atom is 0.303 e. The van der Waals surface area contributed by atoms with Crippen LogP contribution in [0.2, 0.25) is 0 Å². The molecule has 0 spiro atoms. The molecule has 0 aliphatic carbocycles. The van der Waals surface area contributed by atoms with E-state index in [0.29, 0.717) is 18.4 Å². The molecular formula is C16H22F2O2. The van der Waals surface area contributed by atoms with Gasteiger partial charge in [0, 0.05) is 18.4 Å². The average molecular weight is 284 g/mol. The van der Waals surface area contributed by atoms with Crippen LogP contribution in [-0.4, -0.2) is 11.1 Å². The third-order valence-electron chi connectivity index (χ3n) is 3.49. The Morgan fingerprint density at radius 1 is 1.30 bits per heavy atom. The summed E-state index contributed by atoms with van der Waals surface area (Å²) in [4.78, 5) is 10.6. The van der Waals surface area contributed by atoms with E-state index in [4.69, 9.17) is 5.11 Å². The van der Waals surface area contributed by atoms with Crippen LogP contribution < -0.4 is 0 Å². The van der Waals surface area contributed by atoms with E-state index in [2.05, 4.69) is 0 Å². The summed E-state index contributed by atoms with van der Waals surface area (Å²) in [5.74, 6) is -4.57. The summed E-state index contributed by atoms with van der Waals surface area (Å²) in [6.07, 6.45) is 0.587. The molecule has 0 heterocycles. The van der Waals surface area contributed by atoms with Crippen molar-refractivity contribution >= 4 is 5.97 Å². The highest BCUT2D eigenvalue weighted by atomic mass is 19.3. The molecule has 1 aromatic carbocycles. The van der Waals surface area contributed by atoms with Crippen LogP contribution in [0.25, 0.3) is 0 Å². The molecule has 0 saturated heterocycles. The summed E-state index contributed by atoms with van der Waals surface area (Å²) in [5.41, 5.74) is 1.56. The van der Waals surface area contributed by atoms with Crippen LogP contribution in [0.5, 0.6) is 0 Å². The van der Waals surface area contributed by atoms with Crippen molar-refractivity contribution < 1.29 is 18.7 Å². The van der Waals surface area contributed by atoms with Gasteiger partial charge < -0.3 is 5.11 Å². The van der Waals surface area contributed by atoms with Crippen molar-refractivity contribution in [3.8, 4) is 0 Å². The molecule has 0 fully saturated rings. The molecule has 0 radical (unpaired) electrons. The molecule has 0 aliphatic rings. The summed E-state index contributed by atoms with van der Waals surface area (Å²) < 4.78 is 28.9. The number of hydrogen-bond donors (Lipinski definition) is 1. The molecule has 1 rings (SSSR count). The number of aryl methyl sites for hydroxylation is 2. The zero-order chi connectivity index (χ0) is 15.3. The summed E-state index contributed by atoms with van der Waals surface area (Å²) in [6, 6.07) is 5.19. The van der Waals surface area contributed by atoms with Crippen LogP contribution in [0.3, 0.4) is 0 Å². The number of hydrogen-bond acceptors (Lipinski definition) is 1. The van der Waals surface area contributed by atoms with Crippen LogP contribution in [0.4, 0.5) is 8.78 Å². The highest BCUT2D eigenvalue weighted by Crippen LogP contribution is 2.38. The van der Waals surface area contributed by atoms with E-state index in [1.165, 1.54) is 0 Å². The topological polar surface area (TPSA) is 37.3 Å². The molecule has 1 atom stereocenters. The Bertz CT molecular complexity index is 470. The molecule has 0 saturated carbocycles. The Morgan fingerprint density at radius 2 is 1.95 bits per heavy atom. The first-order valence-corrected chi connectivity index (χ1v) is 7.02. The highest BCUT2D eigenvalue weighted by molar-refractivity contribution is 5.66. The minimum absolute atomic E-state index is 0.0524. The number of halogens is 2. The standard InChI is InChI=1S/C16H22F2O2/c1-4-12-6-7-13(5-2)14(9-12)16(17,18)10-11(3)8-15(19)20/h6-7,9,11H,4-5,8,10H2,1-3H3,(H,19,20). The number of carboxylic acids is 1. The molecular weight excluding hydrogens is 262 g/mol. The second kappa shape index (κ2) is 6.82. The maximum absolute atomic E-state index is 14.4. The van der Waals surface area contributed by atoms with Crippen molar-refractivity contribution in [1.29, 1.82) is 0 Å². The molecule has 20 heavy (non-hydrogen) atoms. The van der Waals surface area contributed by atoms with Gasteiger partial charge in [0.2, 0.25) is 0 Å². The first-order chi connectivity index (χ1) is 9.30. The number of rotatable bonds is 7. The largest absolute Gasteiger partial charge is 0.481 e.